The molecular weight excluding hydrogens is 226 g/mol. The summed E-state index contributed by atoms with van der Waals surface area (Å²) in [5.41, 5.74) is 1.22. The molecule has 1 N–H and O–H groups in total. The lowest BCUT2D eigenvalue weighted by atomic mass is 9.99. The molecule has 1 saturated heterocycles. The zero-order valence-electron chi connectivity index (χ0n) is 11.1. The third-order valence-corrected chi connectivity index (χ3v) is 3.69. The summed E-state index contributed by atoms with van der Waals surface area (Å²) in [5.74, 6) is 0.207. The Kier molecular flexibility index (Phi) is 4.18. The number of amides is 1. The van der Waals surface area contributed by atoms with Crippen LogP contribution in [0.25, 0.3) is 0 Å². The standard InChI is InChI=1S/C14H21N3O/c1-11(14(18)15-2)10-13-4-3-9-17(13)12-5-7-16-8-6-12/h5-8,11,13H,3-4,9-10H2,1-2H3,(H,15,18). The van der Waals surface area contributed by atoms with Crippen molar-refractivity contribution in [2.75, 3.05) is 18.5 Å². The van der Waals surface area contributed by atoms with Gasteiger partial charge < -0.3 is 10.2 Å². The summed E-state index contributed by atoms with van der Waals surface area (Å²) >= 11 is 0. The van der Waals surface area contributed by atoms with Crippen LogP contribution in [0.3, 0.4) is 0 Å². The zero-order chi connectivity index (χ0) is 13.0. The second-order valence-electron chi connectivity index (χ2n) is 4.95. The van der Waals surface area contributed by atoms with E-state index in [2.05, 4.69) is 15.2 Å². The van der Waals surface area contributed by atoms with Crippen molar-refractivity contribution in [1.82, 2.24) is 10.3 Å². The van der Waals surface area contributed by atoms with Gasteiger partial charge in [0.1, 0.15) is 0 Å². The van der Waals surface area contributed by atoms with Crippen molar-refractivity contribution in [1.29, 1.82) is 0 Å². The van der Waals surface area contributed by atoms with E-state index in [-0.39, 0.29) is 11.8 Å². The Labute approximate surface area is 108 Å². The third kappa shape index (κ3) is 2.81. The quantitative estimate of drug-likeness (QED) is 0.882. The molecule has 0 spiro atoms. The van der Waals surface area contributed by atoms with E-state index < -0.39 is 0 Å². The number of anilines is 1. The maximum Gasteiger partial charge on any atom is 0.222 e. The van der Waals surface area contributed by atoms with Crippen LogP contribution in [-0.4, -0.2) is 30.5 Å². The molecule has 1 amide bonds. The van der Waals surface area contributed by atoms with Gasteiger partial charge in [-0.05, 0) is 31.4 Å². The van der Waals surface area contributed by atoms with E-state index >= 15 is 0 Å². The molecule has 0 bridgehead atoms. The summed E-state index contributed by atoms with van der Waals surface area (Å²) in [6.07, 6.45) is 6.94. The summed E-state index contributed by atoms with van der Waals surface area (Å²) in [6.45, 7) is 3.08. The number of carbonyl (C=O) groups excluding carboxylic acids is 1. The van der Waals surface area contributed by atoms with Crippen LogP contribution in [0, 0.1) is 5.92 Å². The van der Waals surface area contributed by atoms with E-state index in [9.17, 15) is 4.79 Å². The molecule has 4 nitrogen and oxygen atoms in total. The number of hydrogen-bond acceptors (Lipinski definition) is 3. The van der Waals surface area contributed by atoms with Gasteiger partial charge in [0.2, 0.25) is 5.91 Å². The van der Waals surface area contributed by atoms with Gasteiger partial charge in [-0.1, -0.05) is 6.92 Å². The van der Waals surface area contributed by atoms with Gasteiger partial charge in [0.15, 0.2) is 0 Å². The van der Waals surface area contributed by atoms with Crippen LogP contribution < -0.4 is 10.2 Å². The molecule has 0 aromatic carbocycles. The van der Waals surface area contributed by atoms with Crippen LogP contribution in [0.5, 0.6) is 0 Å². The average Bonchev–Trinajstić information content (AvgIpc) is 2.86. The maximum atomic E-state index is 11.6. The maximum absolute atomic E-state index is 11.6. The monoisotopic (exact) mass is 247 g/mol. The molecule has 1 fully saturated rings. The van der Waals surface area contributed by atoms with E-state index in [0.717, 1.165) is 13.0 Å². The Bertz CT molecular complexity index is 393. The van der Waals surface area contributed by atoms with E-state index in [1.165, 1.54) is 18.5 Å². The fourth-order valence-electron chi connectivity index (χ4n) is 2.72. The first-order valence-electron chi connectivity index (χ1n) is 6.60. The van der Waals surface area contributed by atoms with E-state index in [1.807, 2.05) is 31.5 Å². The first-order chi connectivity index (χ1) is 8.72. The minimum absolute atomic E-state index is 0.0717. The molecule has 1 aromatic heterocycles. The molecule has 98 valence electrons. The fraction of sp³-hybridized carbons (Fsp3) is 0.571. The van der Waals surface area contributed by atoms with Crippen LogP contribution in [0.4, 0.5) is 5.69 Å². The van der Waals surface area contributed by atoms with Crippen molar-refractivity contribution in [2.24, 2.45) is 5.92 Å². The van der Waals surface area contributed by atoms with Gasteiger partial charge in [-0.2, -0.15) is 0 Å². The summed E-state index contributed by atoms with van der Waals surface area (Å²) in [4.78, 5) is 18.1. The molecular formula is C14H21N3O. The van der Waals surface area contributed by atoms with Gasteiger partial charge in [-0.3, -0.25) is 9.78 Å². The van der Waals surface area contributed by atoms with Crippen molar-refractivity contribution >= 4 is 11.6 Å². The highest BCUT2D eigenvalue weighted by Crippen LogP contribution is 2.28. The molecule has 0 aliphatic carbocycles. The number of carbonyl (C=O) groups is 1. The lowest BCUT2D eigenvalue weighted by Gasteiger charge is -2.28. The van der Waals surface area contributed by atoms with Gasteiger partial charge in [0.05, 0.1) is 0 Å². The van der Waals surface area contributed by atoms with Crippen molar-refractivity contribution in [2.45, 2.75) is 32.2 Å². The molecule has 18 heavy (non-hydrogen) atoms. The summed E-state index contributed by atoms with van der Waals surface area (Å²) in [7, 11) is 1.70. The summed E-state index contributed by atoms with van der Waals surface area (Å²) in [5, 5.41) is 2.73. The average molecular weight is 247 g/mol. The largest absolute Gasteiger partial charge is 0.368 e. The highest BCUT2D eigenvalue weighted by molar-refractivity contribution is 5.78. The summed E-state index contributed by atoms with van der Waals surface area (Å²) in [6, 6.07) is 4.56. The molecule has 2 unspecified atom stereocenters. The topological polar surface area (TPSA) is 45.2 Å². The smallest absolute Gasteiger partial charge is 0.222 e. The van der Waals surface area contributed by atoms with Gasteiger partial charge >= 0.3 is 0 Å². The van der Waals surface area contributed by atoms with Crippen LogP contribution in [0.1, 0.15) is 26.2 Å². The lowest BCUT2D eigenvalue weighted by Crippen LogP contribution is -2.34. The van der Waals surface area contributed by atoms with E-state index in [0.29, 0.717) is 6.04 Å². The minimum Gasteiger partial charge on any atom is -0.368 e. The molecule has 2 atom stereocenters. The van der Waals surface area contributed by atoms with Crippen molar-refractivity contribution in [3.05, 3.63) is 24.5 Å². The first kappa shape index (κ1) is 12.9. The highest BCUT2D eigenvalue weighted by Gasteiger charge is 2.27. The van der Waals surface area contributed by atoms with E-state index in [4.69, 9.17) is 0 Å². The first-order valence-corrected chi connectivity index (χ1v) is 6.60. The Hall–Kier alpha value is -1.58. The van der Waals surface area contributed by atoms with Gasteiger partial charge in [0, 0.05) is 43.6 Å². The second kappa shape index (κ2) is 5.85. The Morgan fingerprint density at radius 1 is 1.56 bits per heavy atom. The summed E-state index contributed by atoms with van der Waals surface area (Å²) < 4.78 is 0. The number of pyridine rings is 1. The van der Waals surface area contributed by atoms with Crippen molar-refractivity contribution in [3.63, 3.8) is 0 Å². The van der Waals surface area contributed by atoms with Gasteiger partial charge in [-0.15, -0.1) is 0 Å². The van der Waals surface area contributed by atoms with Crippen LogP contribution in [0.2, 0.25) is 0 Å². The van der Waals surface area contributed by atoms with Crippen LogP contribution in [-0.2, 0) is 4.79 Å². The Morgan fingerprint density at radius 3 is 2.94 bits per heavy atom. The van der Waals surface area contributed by atoms with Crippen molar-refractivity contribution in [3.8, 4) is 0 Å². The number of nitrogens with zero attached hydrogens (tertiary/aromatic N) is 2. The van der Waals surface area contributed by atoms with Gasteiger partial charge in [-0.25, -0.2) is 0 Å². The Morgan fingerprint density at radius 2 is 2.28 bits per heavy atom. The van der Waals surface area contributed by atoms with Crippen molar-refractivity contribution < 1.29 is 4.79 Å². The van der Waals surface area contributed by atoms with Gasteiger partial charge in [0.25, 0.3) is 0 Å². The second-order valence-corrected chi connectivity index (χ2v) is 4.95. The predicted molar refractivity (Wildman–Crippen MR) is 72.5 cm³/mol. The van der Waals surface area contributed by atoms with Crippen LogP contribution in [0.15, 0.2) is 24.5 Å². The number of nitrogens with one attached hydrogen (secondary N) is 1. The minimum atomic E-state index is 0.0717. The molecule has 2 rings (SSSR count). The molecule has 4 heteroatoms. The molecule has 1 aromatic rings. The molecule has 0 saturated carbocycles. The predicted octanol–water partition coefficient (Wildman–Crippen LogP) is 1.82. The Balaban J connectivity index is 2.02. The van der Waals surface area contributed by atoms with E-state index in [1.54, 1.807) is 7.05 Å². The number of aromatic nitrogens is 1. The van der Waals surface area contributed by atoms with Crippen LogP contribution >= 0.6 is 0 Å². The zero-order valence-corrected chi connectivity index (χ0v) is 11.1. The molecule has 2 heterocycles. The lowest BCUT2D eigenvalue weighted by molar-refractivity contribution is -0.124. The third-order valence-electron chi connectivity index (χ3n) is 3.69. The normalized spacial score (nSPS) is 20.8. The molecule has 1 aliphatic heterocycles. The SMILES string of the molecule is CNC(=O)C(C)CC1CCCN1c1ccncc1. The number of rotatable bonds is 4. The highest BCUT2D eigenvalue weighted by atomic mass is 16.1. The molecule has 1 aliphatic rings. The fourth-order valence-corrected chi connectivity index (χ4v) is 2.72. The molecule has 0 radical (unpaired) electrons. The number of hydrogen-bond donors (Lipinski definition) is 1.